The molecule has 0 aliphatic carbocycles. The predicted octanol–water partition coefficient (Wildman–Crippen LogP) is 2.37. The van der Waals surface area contributed by atoms with E-state index in [0.29, 0.717) is 0 Å². The fraction of sp³-hybridized carbons (Fsp3) is 0.333. The van der Waals surface area contributed by atoms with Gasteiger partial charge in [0.15, 0.2) is 5.82 Å². The number of hydrogen-bond acceptors (Lipinski definition) is 5. The summed E-state index contributed by atoms with van der Waals surface area (Å²) >= 11 is 0. The average molecular weight is 323 g/mol. The zero-order valence-corrected chi connectivity index (χ0v) is 14.0. The molecule has 1 aliphatic rings. The van der Waals surface area contributed by atoms with E-state index in [4.69, 9.17) is 4.74 Å². The third-order valence-corrected chi connectivity index (χ3v) is 4.50. The van der Waals surface area contributed by atoms with Crippen LogP contribution in [0.4, 0.5) is 11.5 Å². The minimum atomic E-state index is 0.926. The molecule has 3 aromatic rings. The van der Waals surface area contributed by atoms with E-state index in [1.54, 1.807) is 7.11 Å². The van der Waals surface area contributed by atoms with Crippen LogP contribution < -0.4 is 14.5 Å². The van der Waals surface area contributed by atoms with E-state index in [1.807, 2.05) is 36.0 Å². The molecule has 0 saturated carbocycles. The van der Waals surface area contributed by atoms with Crippen molar-refractivity contribution in [3.05, 3.63) is 48.4 Å². The Morgan fingerprint density at radius 2 is 1.79 bits per heavy atom. The fourth-order valence-corrected chi connectivity index (χ4v) is 3.32. The zero-order valence-electron chi connectivity index (χ0n) is 14.0. The van der Waals surface area contributed by atoms with Crippen LogP contribution in [0.5, 0.6) is 5.75 Å². The Labute approximate surface area is 141 Å². The second kappa shape index (κ2) is 6.03. The molecule has 0 spiro atoms. The molecule has 0 N–H and O–H groups in total. The van der Waals surface area contributed by atoms with Gasteiger partial charge in [0.2, 0.25) is 0 Å². The van der Waals surface area contributed by atoms with Crippen LogP contribution in [0.2, 0.25) is 0 Å². The lowest BCUT2D eigenvalue weighted by molar-refractivity contribution is 0.413. The molecule has 1 fully saturated rings. The van der Waals surface area contributed by atoms with Gasteiger partial charge in [0.25, 0.3) is 0 Å². The van der Waals surface area contributed by atoms with Crippen LogP contribution in [0.15, 0.2) is 42.7 Å². The van der Waals surface area contributed by atoms with E-state index in [0.717, 1.165) is 54.6 Å². The highest BCUT2D eigenvalue weighted by Gasteiger charge is 2.22. The summed E-state index contributed by atoms with van der Waals surface area (Å²) in [6, 6.07) is 10.3. The van der Waals surface area contributed by atoms with Crippen molar-refractivity contribution in [3.63, 3.8) is 0 Å². The minimum Gasteiger partial charge on any atom is -0.495 e. The number of fused-ring (bicyclic) bond motifs is 1. The van der Waals surface area contributed by atoms with Gasteiger partial charge in [-0.05, 0) is 25.1 Å². The molecule has 2 aromatic heterocycles. The molecular weight excluding hydrogens is 302 g/mol. The Morgan fingerprint density at radius 3 is 2.58 bits per heavy atom. The third kappa shape index (κ3) is 2.54. The number of aryl methyl sites for hydroxylation is 1. The van der Waals surface area contributed by atoms with Crippen molar-refractivity contribution in [1.82, 2.24) is 14.6 Å². The number of benzene rings is 1. The molecule has 1 saturated heterocycles. The van der Waals surface area contributed by atoms with Crippen molar-refractivity contribution >= 4 is 17.0 Å². The standard InChI is InChI=1S/C18H21N5O/c1-14-13-16-18(19-7-8-23(16)20-14)22-11-9-21(10-12-22)15-5-3-4-6-17(15)24-2/h3-8,13H,9-12H2,1-2H3. The van der Waals surface area contributed by atoms with Crippen LogP contribution in [0, 0.1) is 6.92 Å². The first-order valence-corrected chi connectivity index (χ1v) is 8.20. The van der Waals surface area contributed by atoms with Crippen molar-refractivity contribution in [2.45, 2.75) is 6.92 Å². The molecule has 0 unspecified atom stereocenters. The Hall–Kier alpha value is -2.76. The van der Waals surface area contributed by atoms with Crippen LogP contribution in [-0.2, 0) is 0 Å². The zero-order chi connectivity index (χ0) is 16.5. The number of nitrogens with zero attached hydrogens (tertiary/aromatic N) is 5. The van der Waals surface area contributed by atoms with Gasteiger partial charge < -0.3 is 14.5 Å². The highest BCUT2D eigenvalue weighted by Crippen LogP contribution is 2.29. The normalized spacial score (nSPS) is 15.1. The Kier molecular flexibility index (Phi) is 3.72. The van der Waals surface area contributed by atoms with E-state index in [1.165, 1.54) is 0 Å². The lowest BCUT2D eigenvalue weighted by atomic mass is 10.2. The fourth-order valence-electron chi connectivity index (χ4n) is 3.32. The van der Waals surface area contributed by atoms with Crippen molar-refractivity contribution in [2.75, 3.05) is 43.1 Å². The maximum atomic E-state index is 5.49. The van der Waals surface area contributed by atoms with Crippen molar-refractivity contribution in [3.8, 4) is 5.75 Å². The summed E-state index contributed by atoms with van der Waals surface area (Å²) in [5, 5.41) is 4.48. The average Bonchev–Trinajstić information content (AvgIpc) is 3.02. The first-order valence-electron chi connectivity index (χ1n) is 8.20. The molecule has 0 atom stereocenters. The lowest BCUT2D eigenvalue weighted by Crippen LogP contribution is -2.47. The Balaban J connectivity index is 1.55. The molecule has 0 amide bonds. The maximum Gasteiger partial charge on any atom is 0.154 e. The SMILES string of the molecule is COc1ccccc1N1CCN(c2nccn3nc(C)cc23)CC1. The molecular formula is C18H21N5O. The first-order chi connectivity index (χ1) is 11.8. The van der Waals surface area contributed by atoms with E-state index < -0.39 is 0 Å². The molecule has 6 nitrogen and oxygen atoms in total. The van der Waals surface area contributed by atoms with Gasteiger partial charge in [-0.2, -0.15) is 5.10 Å². The van der Waals surface area contributed by atoms with Gasteiger partial charge in [-0.25, -0.2) is 9.50 Å². The van der Waals surface area contributed by atoms with Gasteiger partial charge in [0, 0.05) is 38.6 Å². The highest BCUT2D eigenvalue weighted by molar-refractivity contribution is 5.70. The largest absolute Gasteiger partial charge is 0.495 e. The second-order valence-corrected chi connectivity index (χ2v) is 6.01. The van der Waals surface area contributed by atoms with Crippen molar-refractivity contribution in [2.24, 2.45) is 0 Å². The summed E-state index contributed by atoms with van der Waals surface area (Å²) in [6.07, 6.45) is 3.72. The van der Waals surface area contributed by atoms with Crippen LogP contribution >= 0.6 is 0 Å². The third-order valence-electron chi connectivity index (χ3n) is 4.50. The van der Waals surface area contributed by atoms with Crippen molar-refractivity contribution < 1.29 is 4.74 Å². The maximum absolute atomic E-state index is 5.49. The molecule has 1 aromatic carbocycles. The summed E-state index contributed by atoms with van der Waals surface area (Å²) in [5.74, 6) is 1.94. The van der Waals surface area contributed by atoms with Gasteiger partial charge in [-0.15, -0.1) is 0 Å². The summed E-state index contributed by atoms with van der Waals surface area (Å²) in [6.45, 7) is 5.74. The molecule has 24 heavy (non-hydrogen) atoms. The number of piperazine rings is 1. The van der Waals surface area contributed by atoms with Crippen LogP contribution in [-0.4, -0.2) is 47.9 Å². The number of hydrogen-bond donors (Lipinski definition) is 0. The van der Waals surface area contributed by atoms with E-state index >= 15 is 0 Å². The van der Waals surface area contributed by atoms with Gasteiger partial charge in [-0.1, -0.05) is 12.1 Å². The summed E-state index contributed by atoms with van der Waals surface area (Å²) in [7, 11) is 1.72. The second-order valence-electron chi connectivity index (χ2n) is 6.01. The minimum absolute atomic E-state index is 0.926. The predicted molar refractivity (Wildman–Crippen MR) is 95.1 cm³/mol. The molecule has 3 heterocycles. The van der Waals surface area contributed by atoms with Gasteiger partial charge in [0.1, 0.15) is 11.3 Å². The van der Waals surface area contributed by atoms with E-state index in [-0.39, 0.29) is 0 Å². The molecule has 124 valence electrons. The molecule has 0 radical (unpaired) electrons. The van der Waals surface area contributed by atoms with Gasteiger partial charge in [-0.3, -0.25) is 0 Å². The quantitative estimate of drug-likeness (QED) is 0.740. The molecule has 4 rings (SSSR count). The summed E-state index contributed by atoms with van der Waals surface area (Å²) < 4.78 is 7.40. The number of anilines is 2. The molecule has 0 bridgehead atoms. The summed E-state index contributed by atoms with van der Waals surface area (Å²) in [5.41, 5.74) is 3.24. The van der Waals surface area contributed by atoms with Crippen LogP contribution in [0.3, 0.4) is 0 Å². The monoisotopic (exact) mass is 323 g/mol. The first kappa shape index (κ1) is 14.8. The molecule has 1 aliphatic heterocycles. The topological polar surface area (TPSA) is 45.9 Å². The number of methoxy groups -OCH3 is 1. The molecule has 6 heteroatoms. The van der Waals surface area contributed by atoms with Gasteiger partial charge in [0.05, 0.1) is 18.5 Å². The number of aromatic nitrogens is 3. The number of para-hydroxylation sites is 2. The van der Waals surface area contributed by atoms with Crippen LogP contribution in [0.25, 0.3) is 5.52 Å². The Morgan fingerprint density at radius 1 is 1.04 bits per heavy atom. The Bertz CT molecular complexity index is 851. The van der Waals surface area contributed by atoms with Gasteiger partial charge >= 0.3 is 0 Å². The van der Waals surface area contributed by atoms with E-state index in [2.05, 4.69) is 38.1 Å². The smallest absolute Gasteiger partial charge is 0.154 e. The van der Waals surface area contributed by atoms with Crippen molar-refractivity contribution in [1.29, 1.82) is 0 Å². The van der Waals surface area contributed by atoms with E-state index in [9.17, 15) is 0 Å². The lowest BCUT2D eigenvalue weighted by Gasteiger charge is -2.37. The number of ether oxygens (including phenoxy) is 1. The highest BCUT2D eigenvalue weighted by atomic mass is 16.5. The van der Waals surface area contributed by atoms with Crippen LogP contribution in [0.1, 0.15) is 5.69 Å². The number of rotatable bonds is 3. The summed E-state index contributed by atoms with van der Waals surface area (Å²) in [4.78, 5) is 9.31.